The van der Waals surface area contributed by atoms with Crippen LogP contribution in [0.5, 0.6) is 11.5 Å². The van der Waals surface area contributed by atoms with E-state index < -0.39 is 0 Å². The summed E-state index contributed by atoms with van der Waals surface area (Å²) in [6.45, 7) is 0.500. The highest BCUT2D eigenvalue weighted by molar-refractivity contribution is 5.99. The first-order chi connectivity index (χ1) is 9.72. The predicted octanol–water partition coefficient (Wildman–Crippen LogP) is 2.37. The zero-order valence-electron chi connectivity index (χ0n) is 11.3. The van der Waals surface area contributed by atoms with Crippen LogP contribution < -0.4 is 10.1 Å². The Balaban J connectivity index is 1.99. The molecule has 0 bridgehead atoms. The Bertz CT molecular complexity index is 582. The van der Waals surface area contributed by atoms with Gasteiger partial charge in [-0.25, -0.2) is 0 Å². The van der Waals surface area contributed by atoms with Gasteiger partial charge in [0.1, 0.15) is 17.1 Å². The molecule has 0 radical (unpaired) electrons. The van der Waals surface area contributed by atoms with Gasteiger partial charge in [0.15, 0.2) is 0 Å². The quantitative estimate of drug-likeness (QED) is 0.877. The van der Waals surface area contributed by atoms with Gasteiger partial charge in [-0.15, -0.1) is 0 Å². The lowest BCUT2D eigenvalue weighted by molar-refractivity contribution is 0.0948. The minimum absolute atomic E-state index is 0.0819. The molecule has 2 rings (SSSR count). The van der Waals surface area contributed by atoms with Crippen LogP contribution in [0.3, 0.4) is 0 Å². The van der Waals surface area contributed by atoms with Crippen LogP contribution in [-0.4, -0.2) is 24.7 Å². The number of aromatic hydroxyl groups is 1. The molecule has 0 aliphatic rings. The van der Waals surface area contributed by atoms with Crippen molar-refractivity contribution in [1.29, 1.82) is 0 Å². The van der Waals surface area contributed by atoms with Gasteiger partial charge in [0.05, 0.1) is 7.11 Å². The Labute approximate surface area is 118 Å². The van der Waals surface area contributed by atoms with E-state index in [1.807, 2.05) is 30.3 Å². The lowest BCUT2D eigenvalue weighted by Gasteiger charge is -2.10. The molecule has 0 aromatic heterocycles. The molecule has 0 fully saturated rings. The molecule has 20 heavy (non-hydrogen) atoms. The van der Waals surface area contributed by atoms with Gasteiger partial charge in [0.25, 0.3) is 5.91 Å². The predicted molar refractivity (Wildman–Crippen MR) is 77.1 cm³/mol. The number of amides is 1. The summed E-state index contributed by atoms with van der Waals surface area (Å²) < 4.78 is 5.09. The number of carbonyl (C=O) groups excluding carboxylic acids is 1. The zero-order chi connectivity index (χ0) is 14.4. The Morgan fingerprint density at radius 2 is 1.90 bits per heavy atom. The van der Waals surface area contributed by atoms with E-state index in [0.717, 1.165) is 12.0 Å². The number of nitrogens with one attached hydrogen (secondary N) is 1. The first kappa shape index (κ1) is 13.9. The van der Waals surface area contributed by atoms with Crippen LogP contribution in [0.4, 0.5) is 0 Å². The second kappa shape index (κ2) is 6.61. The Morgan fingerprint density at radius 3 is 2.60 bits per heavy atom. The number of carbonyl (C=O) groups is 1. The minimum atomic E-state index is -0.337. The van der Waals surface area contributed by atoms with Crippen LogP contribution in [0.1, 0.15) is 15.9 Å². The van der Waals surface area contributed by atoms with Gasteiger partial charge in [-0.3, -0.25) is 4.79 Å². The molecule has 0 heterocycles. The van der Waals surface area contributed by atoms with Crippen LogP contribution in [0, 0.1) is 0 Å². The van der Waals surface area contributed by atoms with E-state index in [1.165, 1.54) is 13.2 Å². The van der Waals surface area contributed by atoms with Gasteiger partial charge in [-0.1, -0.05) is 36.4 Å². The molecular weight excluding hydrogens is 254 g/mol. The fourth-order valence-corrected chi connectivity index (χ4v) is 1.97. The first-order valence-corrected chi connectivity index (χ1v) is 6.40. The summed E-state index contributed by atoms with van der Waals surface area (Å²) in [5.74, 6) is -0.0559. The van der Waals surface area contributed by atoms with Crippen molar-refractivity contribution in [3.8, 4) is 11.5 Å². The summed E-state index contributed by atoms with van der Waals surface area (Å²) in [5, 5.41) is 12.6. The van der Waals surface area contributed by atoms with Crippen molar-refractivity contribution >= 4 is 5.91 Å². The number of hydrogen-bond donors (Lipinski definition) is 2. The summed E-state index contributed by atoms with van der Waals surface area (Å²) >= 11 is 0. The molecule has 4 nitrogen and oxygen atoms in total. The van der Waals surface area contributed by atoms with Crippen LogP contribution >= 0.6 is 0 Å². The summed E-state index contributed by atoms with van der Waals surface area (Å²) in [6, 6.07) is 14.6. The maximum Gasteiger partial charge on any atom is 0.258 e. The number of ether oxygens (including phenoxy) is 1. The molecule has 2 N–H and O–H groups in total. The van der Waals surface area contributed by atoms with E-state index in [-0.39, 0.29) is 17.2 Å². The number of hydrogen-bond acceptors (Lipinski definition) is 3. The Kier molecular flexibility index (Phi) is 4.60. The second-order valence-corrected chi connectivity index (χ2v) is 4.35. The smallest absolute Gasteiger partial charge is 0.258 e. The topological polar surface area (TPSA) is 58.6 Å². The average molecular weight is 271 g/mol. The van der Waals surface area contributed by atoms with E-state index in [0.29, 0.717) is 12.3 Å². The molecule has 0 atom stereocenters. The highest BCUT2D eigenvalue weighted by Crippen LogP contribution is 2.26. The van der Waals surface area contributed by atoms with Crippen molar-refractivity contribution < 1.29 is 14.6 Å². The largest absolute Gasteiger partial charge is 0.507 e. The number of phenols is 1. The molecule has 0 aliphatic carbocycles. The van der Waals surface area contributed by atoms with Crippen LogP contribution in [0.25, 0.3) is 0 Å². The Morgan fingerprint density at radius 1 is 1.15 bits per heavy atom. The number of phenolic OH excluding ortho intramolecular Hbond substituents is 1. The molecule has 0 unspecified atom stereocenters. The normalized spacial score (nSPS) is 10.1. The molecule has 0 saturated carbocycles. The summed E-state index contributed by atoms with van der Waals surface area (Å²) in [6.07, 6.45) is 0.739. The van der Waals surface area contributed by atoms with Crippen molar-refractivity contribution in [2.24, 2.45) is 0 Å². The molecular formula is C16H17NO3. The molecule has 2 aromatic rings. The third-order valence-corrected chi connectivity index (χ3v) is 2.99. The van der Waals surface area contributed by atoms with Crippen molar-refractivity contribution in [2.45, 2.75) is 6.42 Å². The van der Waals surface area contributed by atoms with Crippen molar-refractivity contribution in [2.75, 3.05) is 13.7 Å². The molecule has 4 heteroatoms. The molecule has 1 amide bonds. The highest BCUT2D eigenvalue weighted by atomic mass is 16.5. The zero-order valence-corrected chi connectivity index (χ0v) is 11.3. The van der Waals surface area contributed by atoms with Gasteiger partial charge < -0.3 is 15.2 Å². The summed E-state index contributed by atoms with van der Waals surface area (Å²) in [4.78, 5) is 12.1. The summed E-state index contributed by atoms with van der Waals surface area (Å²) in [5.41, 5.74) is 1.32. The number of benzene rings is 2. The van der Waals surface area contributed by atoms with Crippen molar-refractivity contribution in [3.05, 3.63) is 59.7 Å². The van der Waals surface area contributed by atoms with Crippen LogP contribution in [0.2, 0.25) is 0 Å². The maximum atomic E-state index is 12.1. The number of rotatable bonds is 5. The summed E-state index contributed by atoms with van der Waals surface area (Å²) in [7, 11) is 1.47. The second-order valence-electron chi connectivity index (χ2n) is 4.35. The van der Waals surface area contributed by atoms with Gasteiger partial charge in [0.2, 0.25) is 0 Å². The molecule has 0 aliphatic heterocycles. The van der Waals surface area contributed by atoms with Gasteiger partial charge >= 0.3 is 0 Å². The van der Waals surface area contributed by atoms with E-state index in [1.54, 1.807) is 12.1 Å². The first-order valence-electron chi connectivity index (χ1n) is 6.40. The SMILES string of the molecule is COc1cccc(O)c1C(=O)NCCc1ccccc1. The van der Waals surface area contributed by atoms with Gasteiger partial charge in [-0.2, -0.15) is 0 Å². The van der Waals surface area contributed by atoms with E-state index in [4.69, 9.17) is 4.74 Å². The van der Waals surface area contributed by atoms with Crippen LogP contribution in [0.15, 0.2) is 48.5 Å². The molecule has 0 spiro atoms. The monoisotopic (exact) mass is 271 g/mol. The third-order valence-electron chi connectivity index (χ3n) is 2.99. The maximum absolute atomic E-state index is 12.1. The fourth-order valence-electron chi connectivity index (χ4n) is 1.97. The Hall–Kier alpha value is -2.49. The standard InChI is InChI=1S/C16H17NO3/c1-20-14-9-5-8-13(18)15(14)16(19)17-11-10-12-6-3-2-4-7-12/h2-9,18H,10-11H2,1H3,(H,17,19). The lowest BCUT2D eigenvalue weighted by Crippen LogP contribution is -2.26. The average Bonchev–Trinajstić information content (AvgIpc) is 2.47. The van der Waals surface area contributed by atoms with E-state index in [2.05, 4.69) is 5.32 Å². The third kappa shape index (κ3) is 3.29. The van der Waals surface area contributed by atoms with Gasteiger partial charge in [0, 0.05) is 6.54 Å². The molecule has 104 valence electrons. The van der Waals surface area contributed by atoms with Crippen molar-refractivity contribution in [3.63, 3.8) is 0 Å². The van der Waals surface area contributed by atoms with Crippen molar-refractivity contribution in [1.82, 2.24) is 5.32 Å². The highest BCUT2D eigenvalue weighted by Gasteiger charge is 2.16. The fraction of sp³-hybridized carbons (Fsp3) is 0.188. The molecule has 0 saturated heterocycles. The van der Waals surface area contributed by atoms with Gasteiger partial charge in [-0.05, 0) is 24.1 Å². The molecule has 2 aromatic carbocycles. The van der Waals surface area contributed by atoms with Crippen LogP contribution in [-0.2, 0) is 6.42 Å². The van der Waals surface area contributed by atoms with E-state index in [9.17, 15) is 9.90 Å². The number of methoxy groups -OCH3 is 1. The van der Waals surface area contributed by atoms with E-state index >= 15 is 0 Å². The minimum Gasteiger partial charge on any atom is -0.507 e. The lowest BCUT2D eigenvalue weighted by atomic mass is 10.1.